The molecule has 0 unspecified atom stereocenters. The lowest BCUT2D eigenvalue weighted by Crippen LogP contribution is -2.33. The van der Waals surface area contributed by atoms with Crippen molar-refractivity contribution in [3.05, 3.63) is 60.4 Å². The highest BCUT2D eigenvalue weighted by Crippen LogP contribution is 2.21. The summed E-state index contributed by atoms with van der Waals surface area (Å²) < 4.78 is 0. The molecule has 0 saturated carbocycles. The average molecular weight is 334 g/mol. The van der Waals surface area contributed by atoms with Gasteiger partial charge in [0.25, 0.3) is 0 Å². The maximum absolute atomic E-state index is 12.5. The van der Waals surface area contributed by atoms with E-state index in [1.54, 1.807) is 36.7 Å². The third-order valence-electron chi connectivity index (χ3n) is 3.86. The summed E-state index contributed by atoms with van der Waals surface area (Å²) in [6, 6.07) is 12.1. The standard InChI is InChI=1S/C19H18N4O2/c1-13(2)14-4-3-5-15(10-14)22-19(25)23(12-24)16-6-7-17-18(11-16)21-9-8-20-17/h3-13H,1-2H3,(H,22,25). The van der Waals surface area contributed by atoms with E-state index in [1.165, 1.54) is 0 Å². The number of amides is 3. The number of anilines is 2. The molecule has 0 spiro atoms. The number of benzene rings is 2. The summed E-state index contributed by atoms with van der Waals surface area (Å²) in [5, 5.41) is 2.75. The molecule has 3 amide bonds. The Morgan fingerprint density at radius 1 is 1.08 bits per heavy atom. The fraction of sp³-hybridized carbons (Fsp3) is 0.158. The van der Waals surface area contributed by atoms with E-state index in [-0.39, 0.29) is 0 Å². The summed E-state index contributed by atoms with van der Waals surface area (Å²) in [5.74, 6) is 0.345. The molecule has 6 nitrogen and oxygen atoms in total. The average Bonchev–Trinajstić information content (AvgIpc) is 2.62. The van der Waals surface area contributed by atoms with Gasteiger partial charge in [0.05, 0.1) is 16.7 Å². The van der Waals surface area contributed by atoms with Gasteiger partial charge in [-0.3, -0.25) is 14.8 Å². The summed E-state index contributed by atoms with van der Waals surface area (Å²) >= 11 is 0. The Morgan fingerprint density at radius 3 is 2.56 bits per heavy atom. The second-order valence-corrected chi connectivity index (χ2v) is 5.92. The first-order valence-electron chi connectivity index (χ1n) is 7.94. The van der Waals surface area contributed by atoms with Gasteiger partial charge in [0.1, 0.15) is 0 Å². The van der Waals surface area contributed by atoms with E-state index in [0.29, 0.717) is 34.7 Å². The van der Waals surface area contributed by atoms with E-state index < -0.39 is 6.03 Å². The molecule has 126 valence electrons. The molecule has 0 aliphatic heterocycles. The Morgan fingerprint density at radius 2 is 1.84 bits per heavy atom. The van der Waals surface area contributed by atoms with Crippen molar-refractivity contribution >= 4 is 34.8 Å². The number of fused-ring (bicyclic) bond motifs is 1. The van der Waals surface area contributed by atoms with Crippen molar-refractivity contribution in [3.63, 3.8) is 0 Å². The van der Waals surface area contributed by atoms with E-state index in [9.17, 15) is 9.59 Å². The monoisotopic (exact) mass is 334 g/mol. The fourth-order valence-electron chi connectivity index (χ4n) is 2.49. The molecule has 2 aromatic carbocycles. The van der Waals surface area contributed by atoms with Crippen LogP contribution >= 0.6 is 0 Å². The van der Waals surface area contributed by atoms with Gasteiger partial charge in [0.15, 0.2) is 0 Å². The van der Waals surface area contributed by atoms with Crippen LogP contribution in [0.5, 0.6) is 0 Å². The lowest BCUT2D eigenvalue weighted by atomic mass is 10.0. The van der Waals surface area contributed by atoms with E-state index in [4.69, 9.17) is 0 Å². The summed E-state index contributed by atoms with van der Waals surface area (Å²) in [6.45, 7) is 4.16. The van der Waals surface area contributed by atoms with Crippen LogP contribution in [0.1, 0.15) is 25.3 Å². The Bertz CT molecular complexity index is 924. The van der Waals surface area contributed by atoms with Gasteiger partial charge in [-0.25, -0.2) is 9.69 Å². The van der Waals surface area contributed by atoms with Crippen LogP contribution in [-0.4, -0.2) is 22.4 Å². The van der Waals surface area contributed by atoms with Crippen LogP contribution < -0.4 is 10.2 Å². The Balaban J connectivity index is 1.85. The molecule has 0 saturated heterocycles. The van der Waals surface area contributed by atoms with E-state index in [1.807, 2.05) is 18.2 Å². The highest BCUT2D eigenvalue weighted by atomic mass is 16.2. The van der Waals surface area contributed by atoms with Crippen LogP contribution in [0.15, 0.2) is 54.9 Å². The van der Waals surface area contributed by atoms with Gasteiger partial charge < -0.3 is 5.32 Å². The van der Waals surface area contributed by atoms with Crippen molar-refractivity contribution in [2.24, 2.45) is 0 Å². The third-order valence-corrected chi connectivity index (χ3v) is 3.86. The van der Waals surface area contributed by atoms with E-state index >= 15 is 0 Å². The molecule has 0 aliphatic carbocycles. The topological polar surface area (TPSA) is 75.2 Å². The molecular formula is C19H18N4O2. The van der Waals surface area contributed by atoms with Gasteiger partial charge in [-0.2, -0.15) is 0 Å². The smallest absolute Gasteiger partial charge is 0.307 e. The number of imide groups is 1. The number of aromatic nitrogens is 2. The molecule has 0 bridgehead atoms. The highest BCUT2D eigenvalue weighted by Gasteiger charge is 2.16. The SMILES string of the molecule is CC(C)c1cccc(NC(=O)N(C=O)c2ccc3nccnc3c2)c1. The van der Waals surface area contributed by atoms with Crippen molar-refractivity contribution in [2.45, 2.75) is 19.8 Å². The number of urea groups is 1. The highest BCUT2D eigenvalue weighted by molar-refractivity contribution is 6.12. The zero-order chi connectivity index (χ0) is 17.8. The summed E-state index contributed by atoms with van der Waals surface area (Å²) in [4.78, 5) is 33.4. The molecule has 1 heterocycles. The molecule has 0 radical (unpaired) electrons. The number of carbonyl (C=O) groups excluding carboxylic acids is 2. The lowest BCUT2D eigenvalue weighted by molar-refractivity contribution is -0.106. The van der Waals surface area contributed by atoms with E-state index in [2.05, 4.69) is 29.1 Å². The Kier molecular flexibility index (Phi) is 4.70. The van der Waals surface area contributed by atoms with Crippen molar-refractivity contribution in [2.75, 3.05) is 10.2 Å². The molecule has 0 atom stereocenters. The van der Waals surface area contributed by atoms with Crippen LogP contribution in [0.3, 0.4) is 0 Å². The molecule has 1 N–H and O–H groups in total. The second-order valence-electron chi connectivity index (χ2n) is 5.92. The first kappa shape index (κ1) is 16.6. The number of hydrogen-bond acceptors (Lipinski definition) is 4. The van der Waals surface area contributed by atoms with Crippen LogP contribution in [0.25, 0.3) is 11.0 Å². The van der Waals surface area contributed by atoms with Gasteiger partial charge in [0, 0.05) is 18.1 Å². The lowest BCUT2D eigenvalue weighted by Gasteiger charge is -2.17. The third kappa shape index (κ3) is 3.63. The molecule has 3 rings (SSSR count). The van der Waals surface area contributed by atoms with Gasteiger partial charge in [0.2, 0.25) is 6.41 Å². The minimum atomic E-state index is -0.529. The van der Waals surface area contributed by atoms with Crippen LogP contribution in [0.4, 0.5) is 16.2 Å². The normalized spacial score (nSPS) is 10.7. The number of hydrogen-bond donors (Lipinski definition) is 1. The van der Waals surface area contributed by atoms with Gasteiger partial charge in [-0.1, -0.05) is 26.0 Å². The van der Waals surface area contributed by atoms with E-state index in [0.717, 1.165) is 10.5 Å². The predicted octanol–water partition coefficient (Wildman–Crippen LogP) is 3.95. The molecule has 6 heteroatoms. The zero-order valence-electron chi connectivity index (χ0n) is 14.0. The summed E-state index contributed by atoms with van der Waals surface area (Å²) in [7, 11) is 0. The van der Waals surface area contributed by atoms with Crippen molar-refractivity contribution < 1.29 is 9.59 Å². The van der Waals surface area contributed by atoms with Crippen LogP contribution in [-0.2, 0) is 4.79 Å². The number of carbonyl (C=O) groups is 2. The predicted molar refractivity (Wildman–Crippen MR) is 97.6 cm³/mol. The maximum Gasteiger partial charge on any atom is 0.332 e. The molecular weight excluding hydrogens is 316 g/mol. The fourth-order valence-corrected chi connectivity index (χ4v) is 2.49. The number of nitrogens with one attached hydrogen (secondary N) is 1. The van der Waals surface area contributed by atoms with Gasteiger partial charge in [-0.05, 0) is 41.8 Å². The van der Waals surface area contributed by atoms with Gasteiger partial charge >= 0.3 is 6.03 Å². The zero-order valence-corrected chi connectivity index (χ0v) is 14.0. The summed E-state index contributed by atoms with van der Waals surface area (Å²) in [5.41, 5.74) is 3.49. The first-order chi connectivity index (χ1) is 12.1. The minimum absolute atomic E-state index is 0.345. The molecule has 1 aromatic heterocycles. The quantitative estimate of drug-likeness (QED) is 0.733. The maximum atomic E-state index is 12.5. The van der Waals surface area contributed by atoms with Crippen LogP contribution in [0.2, 0.25) is 0 Å². The van der Waals surface area contributed by atoms with Crippen molar-refractivity contribution in [3.8, 4) is 0 Å². The Labute approximate surface area is 145 Å². The summed E-state index contributed by atoms with van der Waals surface area (Å²) in [6.07, 6.45) is 3.64. The number of rotatable bonds is 4. The number of nitrogens with zero attached hydrogens (tertiary/aromatic N) is 3. The second kappa shape index (κ2) is 7.09. The van der Waals surface area contributed by atoms with Crippen LogP contribution in [0, 0.1) is 0 Å². The van der Waals surface area contributed by atoms with Crippen molar-refractivity contribution in [1.82, 2.24) is 9.97 Å². The molecule has 3 aromatic rings. The molecule has 25 heavy (non-hydrogen) atoms. The molecule has 0 aliphatic rings. The minimum Gasteiger partial charge on any atom is -0.307 e. The Hall–Kier alpha value is -3.28. The molecule has 0 fully saturated rings. The largest absolute Gasteiger partial charge is 0.332 e. The van der Waals surface area contributed by atoms with Crippen molar-refractivity contribution in [1.29, 1.82) is 0 Å². The first-order valence-corrected chi connectivity index (χ1v) is 7.94. The van der Waals surface area contributed by atoms with Gasteiger partial charge in [-0.15, -0.1) is 0 Å².